The molecule has 0 saturated heterocycles. The smallest absolute Gasteiger partial charge is 0.0702 e. The van der Waals surface area contributed by atoms with Gasteiger partial charge in [0.25, 0.3) is 0 Å². The van der Waals surface area contributed by atoms with Gasteiger partial charge in [0.2, 0.25) is 0 Å². The van der Waals surface area contributed by atoms with Crippen molar-refractivity contribution in [3.63, 3.8) is 0 Å². The van der Waals surface area contributed by atoms with Crippen LogP contribution in [-0.4, -0.2) is 12.2 Å². The van der Waals surface area contributed by atoms with Crippen molar-refractivity contribution in [3.8, 4) is 0 Å². The SMILES string of the molecule is CC(c1cccc(Cl)c1)N(C)c1ccc(Br)cc1CO. The van der Waals surface area contributed by atoms with Gasteiger partial charge in [-0.15, -0.1) is 0 Å². The predicted molar refractivity (Wildman–Crippen MR) is 88.3 cm³/mol. The minimum Gasteiger partial charge on any atom is -0.392 e. The number of hydrogen-bond donors (Lipinski definition) is 1. The number of benzene rings is 2. The lowest BCUT2D eigenvalue weighted by atomic mass is 10.1. The summed E-state index contributed by atoms with van der Waals surface area (Å²) in [6.07, 6.45) is 0. The van der Waals surface area contributed by atoms with Gasteiger partial charge in [-0.2, -0.15) is 0 Å². The van der Waals surface area contributed by atoms with E-state index in [1.54, 1.807) is 0 Å². The van der Waals surface area contributed by atoms with Crippen LogP contribution in [-0.2, 0) is 6.61 Å². The first-order chi connectivity index (χ1) is 9.52. The molecule has 0 heterocycles. The summed E-state index contributed by atoms with van der Waals surface area (Å²) in [6.45, 7) is 2.14. The summed E-state index contributed by atoms with van der Waals surface area (Å²) in [4.78, 5) is 2.14. The average molecular weight is 355 g/mol. The summed E-state index contributed by atoms with van der Waals surface area (Å²) in [5.74, 6) is 0. The van der Waals surface area contributed by atoms with Crippen LogP contribution >= 0.6 is 27.5 Å². The monoisotopic (exact) mass is 353 g/mol. The van der Waals surface area contributed by atoms with Gasteiger partial charge in [0.1, 0.15) is 0 Å². The molecule has 0 bridgehead atoms. The van der Waals surface area contributed by atoms with Gasteiger partial charge >= 0.3 is 0 Å². The van der Waals surface area contributed by atoms with Crippen LogP contribution in [0, 0.1) is 0 Å². The first-order valence-corrected chi connectivity index (χ1v) is 7.57. The molecule has 1 unspecified atom stereocenters. The van der Waals surface area contributed by atoms with Crippen LogP contribution < -0.4 is 4.90 Å². The quantitative estimate of drug-likeness (QED) is 0.853. The average Bonchev–Trinajstić information content (AvgIpc) is 2.45. The fourth-order valence-electron chi connectivity index (χ4n) is 2.22. The molecule has 0 aliphatic carbocycles. The Morgan fingerprint density at radius 2 is 2.00 bits per heavy atom. The first kappa shape index (κ1) is 15.4. The molecule has 106 valence electrons. The van der Waals surface area contributed by atoms with E-state index in [0.717, 1.165) is 26.3 Å². The van der Waals surface area contributed by atoms with Crippen molar-refractivity contribution in [2.45, 2.75) is 19.6 Å². The van der Waals surface area contributed by atoms with Crippen molar-refractivity contribution in [1.29, 1.82) is 0 Å². The van der Waals surface area contributed by atoms with Crippen LogP contribution in [0.4, 0.5) is 5.69 Å². The van der Waals surface area contributed by atoms with E-state index in [1.807, 2.05) is 43.4 Å². The van der Waals surface area contributed by atoms with Crippen LogP contribution in [0.1, 0.15) is 24.1 Å². The molecule has 2 aromatic carbocycles. The maximum atomic E-state index is 9.52. The van der Waals surface area contributed by atoms with Gasteiger partial charge in [-0.25, -0.2) is 0 Å². The summed E-state index contributed by atoms with van der Waals surface area (Å²) in [5, 5.41) is 10.3. The van der Waals surface area contributed by atoms with Crippen LogP contribution in [0.2, 0.25) is 5.02 Å². The van der Waals surface area contributed by atoms with Crippen molar-refractivity contribution in [2.24, 2.45) is 0 Å². The number of aliphatic hydroxyl groups is 1. The fraction of sp³-hybridized carbons (Fsp3) is 0.250. The van der Waals surface area contributed by atoms with Gasteiger partial charge in [-0.05, 0) is 42.8 Å². The van der Waals surface area contributed by atoms with E-state index in [0.29, 0.717) is 0 Å². The molecular formula is C16H17BrClNO. The third-order valence-corrected chi connectivity index (χ3v) is 4.23. The second kappa shape index (κ2) is 6.61. The summed E-state index contributed by atoms with van der Waals surface area (Å²) < 4.78 is 0.967. The Morgan fingerprint density at radius 1 is 1.25 bits per heavy atom. The zero-order valence-corrected chi connectivity index (χ0v) is 13.8. The Kier molecular flexibility index (Phi) is 5.08. The molecule has 0 fully saturated rings. The summed E-state index contributed by atoms with van der Waals surface area (Å²) in [5.41, 5.74) is 3.06. The van der Waals surface area contributed by atoms with Crippen molar-refractivity contribution < 1.29 is 5.11 Å². The van der Waals surface area contributed by atoms with Crippen molar-refractivity contribution in [3.05, 3.63) is 63.1 Å². The molecule has 0 aliphatic rings. The van der Waals surface area contributed by atoms with E-state index in [2.05, 4.69) is 33.8 Å². The van der Waals surface area contributed by atoms with Gasteiger partial charge < -0.3 is 10.0 Å². The number of anilines is 1. The Bertz CT molecular complexity index is 603. The van der Waals surface area contributed by atoms with E-state index in [9.17, 15) is 5.11 Å². The second-order valence-electron chi connectivity index (χ2n) is 4.77. The van der Waals surface area contributed by atoms with Gasteiger partial charge in [0.05, 0.1) is 12.6 Å². The van der Waals surface area contributed by atoms with E-state index in [4.69, 9.17) is 11.6 Å². The van der Waals surface area contributed by atoms with Gasteiger partial charge in [0.15, 0.2) is 0 Å². The Morgan fingerprint density at radius 3 is 2.65 bits per heavy atom. The summed E-state index contributed by atoms with van der Waals surface area (Å²) >= 11 is 9.48. The Balaban J connectivity index is 2.33. The topological polar surface area (TPSA) is 23.5 Å². The van der Waals surface area contributed by atoms with Gasteiger partial charge in [-0.3, -0.25) is 0 Å². The van der Waals surface area contributed by atoms with E-state index < -0.39 is 0 Å². The van der Waals surface area contributed by atoms with Crippen LogP contribution in [0.3, 0.4) is 0 Å². The lowest BCUT2D eigenvalue weighted by molar-refractivity contribution is 0.282. The second-order valence-corrected chi connectivity index (χ2v) is 6.13. The highest BCUT2D eigenvalue weighted by molar-refractivity contribution is 9.10. The normalized spacial score (nSPS) is 12.2. The molecular weight excluding hydrogens is 338 g/mol. The molecule has 0 amide bonds. The molecule has 0 saturated carbocycles. The van der Waals surface area contributed by atoms with E-state index >= 15 is 0 Å². The molecule has 2 aromatic rings. The lowest BCUT2D eigenvalue weighted by Gasteiger charge is -2.29. The van der Waals surface area contributed by atoms with Crippen molar-refractivity contribution >= 4 is 33.2 Å². The minimum atomic E-state index is 0.0153. The van der Waals surface area contributed by atoms with Crippen LogP contribution in [0.15, 0.2) is 46.9 Å². The lowest BCUT2D eigenvalue weighted by Crippen LogP contribution is -2.22. The van der Waals surface area contributed by atoms with E-state index in [-0.39, 0.29) is 12.6 Å². The minimum absolute atomic E-state index is 0.0153. The third kappa shape index (κ3) is 3.35. The first-order valence-electron chi connectivity index (χ1n) is 6.40. The molecule has 0 spiro atoms. The van der Waals surface area contributed by atoms with E-state index in [1.165, 1.54) is 0 Å². The molecule has 20 heavy (non-hydrogen) atoms. The zero-order valence-electron chi connectivity index (χ0n) is 11.5. The zero-order chi connectivity index (χ0) is 14.7. The number of halogens is 2. The molecule has 0 radical (unpaired) electrons. The Hall–Kier alpha value is -1.03. The molecule has 1 atom stereocenters. The predicted octanol–water partition coefficient (Wildman–Crippen LogP) is 4.79. The number of hydrogen-bond acceptors (Lipinski definition) is 2. The number of rotatable bonds is 4. The summed E-state index contributed by atoms with van der Waals surface area (Å²) in [6, 6.07) is 14.0. The fourth-order valence-corrected chi connectivity index (χ4v) is 2.83. The standard InChI is InChI=1S/C16H17BrClNO/c1-11(12-4-3-5-15(18)9-12)19(2)16-7-6-14(17)8-13(16)10-20/h3-9,11,20H,10H2,1-2H3. The van der Waals surface area contributed by atoms with Gasteiger partial charge in [0, 0.05) is 27.8 Å². The highest BCUT2D eigenvalue weighted by atomic mass is 79.9. The van der Waals surface area contributed by atoms with Crippen LogP contribution in [0.5, 0.6) is 0 Å². The highest BCUT2D eigenvalue weighted by Gasteiger charge is 2.15. The molecule has 1 N–H and O–H groups in total. The molecule has 0 aliphatic heterocycles. The molecule has 2 rings (SSSR count). The molecule has 0 aromatic heterocycles. The maximum absolute atomic E-state index is 9.52. The number of aliphatic hydroxyl groups excluding tert-OH is 1. The van der Waals surface area contributed by atoms with Crippen molar-refractivity contribution in [1.82, 2.24) is 0 Å². The summed E-state index contributed by atoms with van der Waals surface area (Å²) in [7, 11) is 2.02. The van der Waals surface area contributed by atoms with Crippen LogP contribution in [0.25, 0.3) is 0 Å². The third-order valence-electron chi connectivity index (χ3n) is 3.50. The Labute approximate surface area is 133 Å². The maximum Gasteiger partial charge on any atom is 0.0702 e. The highest BCUT2D eigenvalue weighted by Crippen LogP contribution is 2.31. The largest absolute Gasteiger partial charge is 0.392 e. The number of nitrogens with zero attached hydrogens (tertiary/aromatic N) is 1. The van der Waals surface area contributed by atoms with Gasteiger partial charge in [-0.1, -0.05) is 39.7 Å². The molecule has 2 nitrogen and oxygen atoms in total. The van der Waals surface area contributed by atoms with Crippen molar-refractivity contribution in [2.75, 3.05) is 11.9 Å². The molecule has 4 heteroatoms.